The van der Waals surface area contributed by atoms with Crippen LogP contribution in [-0.2, 0) is 9.53 Å². The Bertz CT molecular complexity index is 451. The van der Waals surface area contributed by atoms with Crippen LogP contribution in [0.3, 0.4) is 0 Å². The molecule has 3 N–H and O–H groups in total. The molecule has 2 fully saturated rings. The second-order valence-corrected chi connectivity index (χ2v) is 8.49. The molecule has 0 aromatic rings. The first kappa shape index (κ1) is 18.0. The zero-order valence-electron chi connectivity index (χ0n) is 14.5. The van der Waals surface area contributed by atoms with Gasteiger partial charge in [-0.05, 0) is 64.7 Å². The third-order valence-corrected chi connectivity index (χ3v) is 4.95. The number of aliphatic hydroxyl groups is 1. The Balaban J connectivity index is 2.21. The molecule has 4 unspecified atom stereocenters. The highest BCUT2D eigenvalue weighted by Gasteiger charge is 2.52. The predicted molar refractivity (Wildman–Crippen MR) is 85.0 cm³/mol. The van der Waals surface area contributed by atoms with Crippen molar-refractivity contribution in [1.82, 2.24) is 5.32 Å². The van der Waals surface area contributed by atoms with Crippen LogP contribution in [0.25, 0.3) is 0 Å². The molecule has 0 aromatic carbocycles. The van der Waals surface area contributed by atoms with Crippen LogP contribution in [0.2, 0.25) is 0 Å². The maximum Gasteiger partial charge on any atom is 0.408 e. The van der Waals surface area contributed by atoms with E-state index < -0.39 is 35.2 Å². The Labute approximate surface area is 137 Å². The Hall–Kier alpha value is -1.30. The molecule has 0 aromatic heterocycles. The molecular weight excluding hydrogens is 298 g/mol. The average molecular weight is 327 g/mol. The van der Waals surface area contributed by atoms with Crippen molar-refractivity contribution >= 4 is 12.1 Å². The Morgan fingerprint density at radius 3 is 2.43 bits per heavy atom. The maximum atomic E-state index is 12.1. The Morgan fingerprint density at radius 2 is 1.87 bits per heavy atom. The van der Waals surface area contributed by atoms with Gasteiger partial charge in [0.2, 0.25) is 0 Å². The van der Waals surface area contributed by atoms with Gasteiger partial charge in [-0.1, -0.05) is 6.92 Å². The summed E-state index contributed by atoms with van der Waals surface area (Å²) in [4.78, 5) is 23.9. The lowest BCUT2D eigenvalue weighted by molar-refractivity contribution is -0.148. The molecule has 5 atom stereocenters. The van der Waals surface area contributed by atoms with Crippen LogP contribution in [0.1, 0.15) is 59.8 Å². The number of aliphatic carboxylic acids is 1. The molecule has 0 aliphatic heterocycles. The molecule has 6 heteroatoms. The normalized spacial score (nSPS) is 35.3. The van der Waals surface area contributed by atoms with Crippen molar-refractivity contribution in [1.29, 1.82) is 0 Å². The first-order valence-corrected chi connectivity index (χ1v) is 8.41. The van der Waals surface area contributed by atoms with Crippen LogP contribution in [-0.4, -0.2) is 40.0 Å². The number of alkyl carbamates (subject to hydrolysis) is 1. The van der Waals surface area contributed by atoms with Gasteiger partial charge in [0.1, 0.15) is 11.6 Å². The number of carbonyl (C=O) groups excluding carboxylic acids is 1. The highest BCUT2D eigenvalue weighted by molar-refractivity contribution is 5.81. The van der Waals surface area contributed by atoms with E-state index in [1.807, 2.05) is 0 Å². The first-order valence-electron chi connectivity index (χ1n) is 8.41. The van der Waals surface area contributed by atoms with E-state index >= 15 is 0 Å². The fourth-order valence-electron chi connectivity index (χ4n) is 4.63. The van der Waals surface area contributed by atoms with Gasteiger partial charge in [0.25, 0.3) is 0 Å². The van der Waals surface area contributed by atoms with Gasteiger partial charge in [0.05, 0.1) is 6.10 Å². The number of hydrogen-bond donors (Lipinski definition) is 3. The quantitative estimate of drug-likeness (QED) is 0.740. The number of nitrogens with one attached hydrogen (secondary N) is 1. The van der Waals surface area contributed by atoms with Crippen LogP contribution >= 0.6 is 0 Å². The van der Waals surface area contributed by atoms with Crippen LogP contribution < -0.4 is 5.32 Å². The molecule has 2 aliphatic rings. The molecule has 6 nitrogen and oxygen atoms in total. The monoisotopic (exact) mass is 327 g/mol. The third kappa shape index (κ3) is 4.37. The molecule has 2 aliphatic carbocycles. The molecule has 2 rings (SSSR count). The summed E-state index contributed by atoms with van der Waals surface area (Å²) < 4.78 is 5.22. The molecule has 132 valence electrons. The van der Waals surface area contributed by atoms with Crippen molar-refractivity contribution in [2.45, 2.75) is 77.5 Å². The van der Waals surface area contributed by atoms with Gasteiger partial charge < -0.3 is 20.3 Å². The molecule has 2 saturated carbocycles. The van der Waals surface area contributed by atoms with Crippen LogP contribution in [0.4, 0.5) is 4.79 Å². The lowest BCUT2D eigenvalue weighted by atomic mass is 9.55. The minimum absolute atomic E-state index is 0.324. The number of carboxylic acids is 1. The van der Waals surface area contributed by atoms with Gasteiger partial charge >= 0.3 is 12.1 Å². The van der Waals surface area contributed by atoms with Crippen molar-refractivity contribution in [3.05, 3.63) is 0 Å². The predicted octanol–water partition coefficient (Wildman–Crippen LogP) is 2.54. The number of carbonyl (C=O) groups is 2. The second-order valence-electron chi connectivity index (χ2n) is 8.49. The summed E-state index contributed by atoms with van der Waals surface area (Å²) >= 11 is 0. The summed E-state index contributed by atoms with van der Waals surface area (Å²) in [6, 6.07) is -1.03. The Kier molecular flexibility index (Phi) is 4.95. The fourth-order valence-corrected chi connectivity index (χ4v) is 4.63. The van der Waals surface area contributed by atoms with E-state index in [4.69, 9.17) is 4.74 Å². The van der Waals surface area contributed by atoms with E-state index in [1.54, 1.807) is 20.8 Å². The molecule has 23 heavy (non-hydrogen) atoms. The standard InChI is InChI=1S/C17H29NO5/c1-10-5-11-6-12(19)9-17(7-10,8-11)13(14(20)21)18-15(22)23-16(2,3)4/h10-13,19H,5-9H2,1-4H3,(H,18,22)(H,20,21)/t10?,11?,12?,13?,17-/m1/s1. The number of fused-ring (bicyclic) bond motifs is 2. The van der Waals surface area contributed by atoms with Crippen molar-refractivity contribution in [3.8, 4) is 0 Å². The summed E-state index contributed by atoms with van der Waals surface area (Å²) in [6.45, 7) is 7.34. The number of carboxylic acid groups (broad SMARTS) is 1. The summed E-state index contributed by atoms with van der Waals surface area (Å²) in [5, 5.41) is 22.4. The van der Waals surface area contributed by atoms with E-state index in [9.17, 15) is 19.8 Å². The van der Waals surface area contributed by atoms with Crippen LogP contribution in [0.15, 0.2) is 0 Å². The van der Waals surface area contributed by atoms with Crippen molar-refractivity contribution in [3.63, 3.8) is 0 Å². The van der Waals surface area contributed by atoms with Gasteiger partial charge in [-0.2, -0.15) is 0 Å². The summed E-state index contributed by atoms with van der Waals surface area (Å²) in [5.74, 6) is -0.342. The Morgan fingerprint density at radius 1 is 1.22 bits per heavy atom. The SMILES string of the molecule is CC1CC2CC(O)C[C@@](C(NC(=O)OC(C)(C)C)C(=O)O)(C1)C2. The number of aliphatic hydroxyl groups excluding tert-OH is 1. The van der Waals surface area contributed by atoms with Gasteiger partial charge in [0, 0.05) is 5.41 Å². The summed E-state index contributed by atoms with van der Waals surface area (Å²) in [7, 11) is 0. The minimum atomic E-state index is -1.06. The van der Waals surface area contributed by atoms with E-state index in [1.165, 1.54) is 0 Å². The highest BCUT2D eigenvalue weighted by atomic mass is 16.6. The molecule has 0 saturated heterocycles. The van der Waals surface area contributed by atoms with E-state index in [2.05, 4.69) is 12.2 Å². The molecule has 0 spiro atoms. The molecule has 1 amide bonds. The van der Waals surface area contributed by atoms with Gasteiger partial charge in [-0.25, -0.2) is 9.59 Å². The maximum absolute atomic E-state index is 12.1. The fraction of sp³-hybridized carbons (Fsp3) is 0.882. The number of hydrogen-bond acceptors (Lipinski definition) is 4. The third-order valence-electron chi connectivity index (χ3n) is 4.95. The van der Waals surface area contributed by atoms with E-state index in [-0.39, 0.29) is 0 Å². The zero-order chi connectivity index (χ0) is 17.4. The first-order chi connectivity index (χ1) is 10.5. The van der Waals surface area contributed by atoms with Gasteiger partial charge in [0.15, 0.2) is 0 Å². The minimum Gasteiger partial charge on any atom is -0.480 e. The lowest BCUT2D eigenvalue weighted by Crippen LogP contribution is -2.58. The molecule has 0 radical (unpaired) electrons. The smallest absolute Gasteiger partial charge is 0.408 e. The summed E-state index contributed by atoms with van der Waals surface area (Å²) in [6.07, 6.45) is 2.38. The van der Waals surface area contributed by atoms with Crippen molar-refractivity contribution in [2.75, 3.05) is 0 Å². The van der Waals surface area contributed by atoms with Crippen molar-refractivity contribution in [2.24, 2.45) is 17.3 Å². The van der Waals surface area contributed by atoms with Gasteiger partial charge in [-0.3, -0.25) is 0 Å². The molecular formula is C17H29NO5. The van der Waals surface area contributed by atoms with Crippen LogP contribution in [0.5, 0.6) is 0 Å². The zero-order valence-corrected chi connectivity index (χ0v) is 14.5. The molecule has 0 heterocycles. The van der Waals surface area contributed by atoms with Gasteiger partial charge in [-0.15, -0.1) is 0 Å². The average Bonchev–Trinajstić information content (AvgIpc) is 2.31. The number of ether oxygens (including phenoxy) is 1. The van der Waals surface area contributed by atoms with E-state index in [0.29, 0.717) is 24.7 Å². The lowest BCUT2D eigenvalue weighted by Gasteiger charge is -2.51. The van der Waals surface area contributed by atoms with E-state index in [0.717, 1.165) is 19.3 Å². The largest absolute Gasteiger partial charge is 0.480 e. The topological polar surface area (TPSA) is 95.9 Å². The summed E-state index contributed by atoms with van der Waals surface area (Å²) in [5.41, 5.74) is -1.28. The number of amides is 1. The molecule has 2 bridgehead atoms. The number of rotatable bonds is 3. The second kappa shape index (κ2) is 6.30. The van der Waals surface area contributed by atoms with Crippen LogP contribution in [0, 0.1) is 17.3 Å². The highest BCUT2D eigenvalue weighted by Crippen LogP contribution is 2.53. The van der Waals surface area contributed by atoms with Crippen molar-refractivity contribution < 1.29 is 24.5 Å².